The molecule has 0 aromatic heterocycles. The van der Waals surface area contributed by atoms with E-state index in [9.17, 15) is 19.2 Å². The Kier molecular flexibility index (Phi) is 35.7. The van der Waals surface area contributed by atoms with E-state index in [0.717, 1.165) is 0 Å². The first-order valence-corrected chi connectivity index (χ1v) is 24.2. The maximum Gasteiger partial charge on any atom is 0.259 e. The second-order valence-electron chi connectivity index (χ2n) is 16.1. The molecule has 1 aliphatic rings. The number of hydrogen-bond acceptors (Lipinski definition) is 14. The lowest BCUT2D eigenvalue weighted by molar-refractivity contribution is -0.131. The van der Waals surface area contributed by atoms with Crippen LogP contribution in [-0.4, -0.2) is 158 Å². The summed E-state index contributed by atoms with van der Waals surface area (Å²) in [6, 6.07) is 2.42. The first kappa shape index (κ1) is 60.1. The van der Waals surface area contributed by atoms with Gasteiger partial charge in [-0.3, -0.25) is 19.2 Å². The summed E-state index contributed by atoms with van der Waals surface area (Å²) in [7, 11) is -1.45. The van der Waals surface area contributed by atoms with Crippen LogP contribution in [-0.2, 0) is 56.6 Å². The van der Waals surface area contributed by atoms with Crippen LogP contribution in [0.15, 0.2) is 0 Å². The van der Waals surface area contributed by atoms with Crippen LogP contribution in [0, 0.1) is 54.3 Å². The zero-order chi connectivity index (χ0) is 48.7. The fraction of sp³-hybridized carbons (Fsp3) is 0.766. The number of amides is 4. The predicted molar refractivity (Wildman–Crippen MR) is 251 cm³/mol. The number of ether oxygens (including phenoxy) is 6. The molecule has 0 saturated heterocycles. The highest BCUT2D eigenvalue weighted by Crippen LogP contribution is 2.49. The van der Waals surface area contributed by atoms with Crippen molar-refractivity contribution in [2.24, 2.45) is 5.92 Å². The van der Waals surface area contributed by atoms with E-state index in [1.165, 1.54) is 0 Å². The van der Waals surface area contributed by atoms with Crippen LogP contribution < -0.4 is 21.3 Å². The third-order valence-electron chi connectivity index (χ3n) is 10.2. The third-order valence-corrected chi connectivity index (χ3v) is 12.4. The molecule has 372 valence electrons. The fourth-order valence-electron chi connectivity index (χ4n) is 6.94. The molecule has 1 rings (SSSR count). The molecule has 0 spiro atoms. The van der Waals surface area contributed by atoms with Gasteiger partial charge < -0.3 is 58.7 Å². The standard InChI is InChI=1S/C47H77N6O12P/c1-8-26-58-33-36-61-30-23-49-43(54)16-19-47(20-17-44(55)50-24-31-62-37-34-59-27-9-2,21-18-45(56)51-25-32-63-38-35-60-28-10-3)52-46(57)41-12-14-42(15-13-41)65-66(64-29-11-22-48)53(39(4)5)40(6)7/h1-3,39-42H,11-21,23-38H2,4-7H3,(H,49,54)(H,50,55)(H,51,56)(H,52,57)/t41-,42-,66?. The number of hydrogen-bond donors (Lipinski definition) is 4. The Hall–Kier alpha value is -3.88. The summed E-state index contributed by atoms with van der Waals surface area (Å²) in [5.41, 5.74) is -1.10. The summed E-state index contributed by atoms with van der Waals surface area (Å²) in [5, 5.41) is 21.0. The van der Waals surface area contributed by atoms with Gasteiger partial charge in [-0.1, -0.05) is 17.8 Å². The summed E-state index contributed by atoms with van der Waals surface area (Å²) in [5.74, 6) is 5.75. The summed E-state index contributed by atoms with van der Waals surface area (Å²) in [6.07, 6.45) is 18.5. The van der Waals surface area contributed by atoms with Crippen molar-refractivity contribution in [3.8, 4) is 43.1 Å². The maximum absolute atomic E-state index is 14.3. The molecule has 4 amide bonds. The molecule has 18 nitrogen and oxygen atoms in total. The van der Waals surface area contributed by atoms with Crippen molar-refractivity contribution in [3.05, 3.63) is 0 Å². The highest BCUT2D eigenvalue weighted by molar-refractivity contribution is 7.44. The largest absolute Gasteiger partial charge is 0.377 e. The SMILES string of the molecule is C#CCOCCOCCNC(=O)CCC(CCC(=O)NCCOCCOCC#C)(CCC(=O)NCCOCCOCC#C)NC(=O)[C@H]1CC[C@H](OP(OCCC#N)N(C(C)C)C(C)C)CC1. The number of carbonyl (C=O) groups is 4. The summed E-state index contributed by atoms with van der Waals surface area (Å²) < 4.78 is 47.1. The van der Waals surface area contributed by atoms with Crippen LogP contribution >= 0.6 is 8.53 Å². The smallest absolute Gasteiger partial charge is 0.259 e. The average Bonchev–Trinajstić information content (AvgIpc) is 3.29. The molecule has 1 aliphatic carbocycles. The minimum absolute atomic E-state index is 0.0120. The lowest BCUT2D eigenvalue weighted by atomic mass is 9.81. The topological polar surface area (TPSA) is 217 Å². The van der Waals surface area contributed by atoms with Crippen molar-refractivity contribution < 1.29 is 56.6 Å². The number of nitrogens with one attached hydrogen (secondary N) is 4. The van der Waals surface area contributed by atoms with Gasteiger partial charge in [0, 0.05) is 62.4 Å². The zero-order valence-electron chi connectivity index (χ0n) is 39.9. The van der Waals surface area contributed by atoms with Crippen LogP contribution in [0.3, 0.4) is 0 Å². The highest BCUT2D eigenvalue weighted by atomic mass is 31.2. The molecule has 4 N–H and O–H groups in total. The van der Waals surface area contributed by atoms with Crippen LogP contribution in [0.25, 0.3) is 0 Å². The van der Waals surface area contributed by atoms with E-state index < -0.39 is 14.1 Å². The predicted octanol–water partition coefficient (Wildman–Crippen LogP) is 3.38. The van der Waals surface area contributed by atoms with E-state index in [1.807, 2.05) is 0 Å². The second-order valence-corrected chi connectivity index (χ2v) is 17.5. The molecule has 19 heteroatoms. The van der Waals surface area contributed by atoms with E-state index >= 15 is 0 Å². The van der Waals surface area contributed by atoms with Gasteiger partial charge in [-0.15, -0.1) is 19.3 Å². The van der Waals surface area contributed by atoms with E-state index in [4.69, 9.17) is 62.0 Å². The Labute approximate surface area is 395 Å². The Morgan fingerprint density at radius 3 is 1.38 bits per heavy atom. The monoisotopic (exact) mass is 949 g/mol. The maximum atomic E-state index is 14.3. The minimum Gasteiger partial charge on any atom is -0.377 e. The minimum atomic E-state index is -1.45. The van der Waals surface area contributed by atoms with Crippen molar-refractivity contribution in [3.63, 3.8) is 0 Å². The molecule has 0 bridgehead atoms. The number of rotatable bonds is 40. The molecule has 66 heavy (non-hydrogen) atoms. The average molecular weight is 949 g/mol. The van der Waals surface area contributed by atoms with E-state index in [2.05, 4.69) is 77.5 Å². The second kappa shape index (κ2) is 39.1. The van der Waals surface area contributed by atoms with Gasteiger partial charge in [0.2, 0.25) is 23.6 Å². The van der Waals surface area contributed by atoms with Gasteiger partial charge >= 0.3 is 0 Å². The van der Waals surface area contributed by atoms with Gasteiger partial charge in [-0.25, -0.2) is 4.67 Å². The Bertz CT molecular complexity index is 1400. The van der Waals surface area contributed by atoms with Crippen LogP contribution in [0.5, 0.6) is 0 Å². The van der Waals surface area contributed by atoms with Crippen LogP contribution in [0.2, 0.25) is 0 Å². The lowest BCUT2D eigenvalue weighted by Gasteiger charge is -2.39. The first-order valence-electron chi connectivity index (χ1n) is 23.1. The zero-order valence-corrected chi connectivity index (χ0v) is 40.8. The van der Waals surface area contributed by atoms with Gasteiger partial charge in [0.1, 0.15) is 19.8 Å². The summed E-state index contributed by atoms with van der Waals surface area (Å²) >= 11 is 0. The van der Waals surface area contributed by atoms with Gasteiger partial charge in [-0.2, -0.15) is 5.26 Å². The van der Waals surface area contributed by atoms with Crippen molar-refractivity contribution >= 4 is 32.2 Å². The molecule has 1 unspecified atom stereocenters. The number of nitrogens with zero attached hydrogens (tertiary/aromatic N) is 2. The fourth-order valence-corrected chi connectivity index (χ4v) is 8.71. The van der Waals surface area contributed by atoms with Gasteiger partial charge in [0.05, 0.1) is 84.7 Å². The molecule has 0 heterocycles. The normalized spacial score (nSPS) is 15.3. The number of terminal acetylenes is 3. The van der Waals surface area contributed by atoms with Crippen LogP contribution in [0.4, 0.5) is 0 Å². The van der Waals surface area contributed by atoms with Crippen molar-refractivity contribution in [1.82, 2.24) is 25.9 Å². The van der Waals surface area contributed by atoms with E-state index in [-0.39, 0.29) is 159 Å². The Morgan fingerprint density at radius 1 is 0.621 bits per heavy atom. The Morgan fingerprint density at radius 2 is 1.02 bits per heavy atom. The Balaban J connectivity index is 3.18. The van der Waals surface area contributed by atoms with Crippen LogP contribution in [0.1, 0.15) is 98.3 Å². The molecule has 0 aliphatic heterocycles. The molecule has 0 aromatic rings. The molecule has 1 saturated carbocycles. The molecule has 0 aromatic carbocycles. The highest BCUT2D eigenvalue weighted by Gasteiger charge is 2.38. The molecule has 0 radical (unpaired) electrons. The lowest BCUT2D eigenvalue weighted by Crippen LogP contribution is -2.52. The van der Waals surface area contributed by atoms with E-state index in [0.29, 0.717) is 65.3 Å². The summed E-state index contributed by atoms with van der Waals surface area (Å²) in [6.45, 7) is 12.6. The van der Waals surface area contributed by atoms with Crippen molar-refractivity contribution in [2.45, 2.75) is 122 Å². The number of carbonyl (C=O) groups excluding carboxylic acids is 4. The molecular weight excluding hydrogens is 872 g/mol. The molecule has 1 fully saturated rings. The summed E-state index contributed by atoms with van der Waals surface area (Å²) in [4.78, 5) is 54.1. The van der Waals surface area contributed by atoms with Gasteiger partial charge in [0.25, 0.3) is 8.53 Å². The van der Waals surface area contributed by atoms with Crippen molar-refractivity contribution in [1.29, 1.82) is 5.26 Å². The van der Waals surface area contributed by atoms with Crippen molar-refractivity contribution in [2.75, 3.05) is 106 Å². The van der Waals surface area contributed by atoms with E-state index in [1.54, 1.807) is 0 Å². The first-order chi connectivity index (χ1) is 31.9. The third kappa shape index (κ3) is 29.7. The van der Waals surface area contributed by atoms with Gasteiger partial charge in [0.15, 0.2) is 0 Å². The molecule has 1 atom stereocenters. The van der Waals surface area contributed by atoms with Gasteiger partial charge in [-0.05, 0) is 72.6 Å². The quantitative estimate of drug-likeness (QED) is 0.0394. The number of nitriles is 1. The molecular formula is C47H77N6O12P.